The quantitative estimate of drug-likeness (QED) is 0.723. The number of aliphatic carboxylic acids is 1. The molecule has 1 saturated carbocycles. The highest BCUT2D eigenvalue weighted by atomic mass is 16.4. The summed E-state index contributed by atoms with van der Waals surface area (Å²) in [6.45, 7) is 0. The van der Waals surface area contributed by atoms with E-state index in [0.29, 0.717) is 0 Å². The van der Waals surface area contributed by atoms with Crippen LogP contribution in [0.5, 0.6) is 0 Å². The van der Waals surface area contributed by atoms with E-state index in [9.17, 15) is 9.90 Å². The summed E-state index contributed by atoms with van der Waals surface area (Å²) >= 11 is 0. The molecule has 1 heterocycles. The Balaban J connectivity index is 2.21. The molecular weight excluding hydrogens is 192 g/mol. The van der Waals surface area contributed by atoms with E-state index in [4.69, 9.17) is 0 Å². The average Bonchev–Trinajstić information content (AvgIpc) is 2.31. The van der Waals surface area contributed by atoms with Crippen molar-refractivity contribution in [3.63, 3.8) is 0 Å². The maximum Gasteiger partial charge on any atom is 0.313 e. The number of carboxylic acid groups (broad SMARTS) is 1. The molecule has 1 atom stereocenters. The highest BCUT2D eigenvalue weighted by Gasteiger charge is 2.46. The number of nitrogens with one attached hydrogen (secondary N) is 1. The fraction of sp³-hybridized carbons (Fsp3) is 0.636. The van der Waals surface area contributed by atoms with E-state index in [0.717, 1.165) is 32.1 Å². The molecule has 0 amide bonds. The number of carboxylic acids is 1. The predicted molar refractivity (Wildman–Crippen MR) is 57.7 cm³/mol. The largest absolute Gasteiger partial charge is 0.481 e. The summed E-state index contributed by atoms with van der Waals surface area (Å²) in [7, 11) is 0. The van der Waals surface area contributed by atoms with E-state index in [1.807, 2.05) is 0 Å². The van der Waals surface area contributed by atoms with Crippen molar-refractivity contribution in [1.82, 2.24) is 5.32 Å². The average molecular weight is 208 g/mol. The van der Waals surface area contributed by atoms with Crippen molar-refractivity contribution in [2.24, 2.45) is 10.4 Å². The molecule has 1 aliphatic carbocycles. The van der Waals surface area contributed by atoms with Gasteiger partial charge in [-0.2, -0.15) is 0 Å². The van der Waals surface area contributed by atoms with Gasteiger partial charge in [-0.15, -0.1) is 0 Å². The van der Waals surface area contributed by atoms with Crippen LogP contribution in [-0.4, -0.2) is 23.5 Å². The van der Waals surface area contributed by atoms with Crippen molar-refractivity contribution in [3.8, 4) is 0 Å². The van der Waals surface area contributed by atoms with Crippen molar-refractivity contribution < 1.29 is 9.90 Å². The molecule has 1 aliphatic heterocycles. The second kappa shape index (κ2) is 4.04. The molecule has 82 valence electrons. The van der Waals surface area contributed by atoms with Crippen molar-refractivity contribution in [3.05, 3.63) is 12.3 Å². The van der Waals surface area contributed by atoms with Gasteiger partial charge in [-0.05, 0) is 25.1 Å². The molecule has 0 spiro atoms. The molecule has 0 bridgehead atoms. The van der Waals surface area contributed by atoms with Gasteiger partial charge in [-0.25, -0.2) is 0 Å². The lowest BCUT2D eigenvalue weighted by Gasteiger charge is -2.38. The van der Waals surface area contributed by atoms with Crippen LogP contribution in [0.4, 0.5) is 0 Å². The normalized spacial score (nSPS) is 28.4. The first kappa shape index (κ1) is 10.2. The van der Waals surface area contributed by atoms with Crippen molar-refractivity contribution in [2.75, 3.05) is 0 Å². The van der Waals surface area contributed by atoms with E-state index in [2.05, 4.69) is 10.3 Å². The molecule has 0 aromatic rings. The fourth-order valence-electron chi connectivity index (χ4n) is 2.46. The van der Waals surface area contributed by atoms with Crippen LogP contribution in [0.2, 0.25) is 0 Å². The molecule has 2 N–H and O–H groups in total. The van der Waals surface area contributed by atoms with Gasteiger partial charge in [0.25, 0.3) is 0 Å². The molecule has 2 rings (SSSR count). The third-order valence-corrected chi connectivity index (χ3v) is 3.37. The Morgan fingerprint density at radius 1 is 1.40 bits per heavy atom. The number of aliphatic imine (C=N–C) groups is 1. The lowest BCUT2D eigenvalue weighted by atomic mass is 9.71. The molecule has 0 aromatic carbocycles. The molecule has 0 radical (unpaired) electrons. The SMILES string of the molecule is O=C(O)C1(C2N=CC=CN2)CCCCC1. The molecule has 4 nitrogen and oxygen atoms in total. The molecule has 1 fully saturated rings. The Labute approximate surface area is 89.1 Å². The maximum absolute atomic E-state index is 11.4. The van der Waals surface area contributed by atoms with Crippen LogP contribution < -0.4 is 5.32 Å². The van der Waals surface area contributed by atoms with Crippen LogP contribution in [0.15, 0.2) is 17.3 Å². The third kappa shape index (κ3) is 1.76. The molecular formula is C11H16N2O2. The van der Waals surface area contributed by atoms with Crippen LogP contribution in [0, 0.1) is 5.41 Å². The standard InChI is InChI=1S/C11H16N2O2/c14-10(15)11(5-2-1-3-6-11)9-12-7-4-8-13-9/h4,7-9,12H,1-3,5-6H2,(H,14,15). The highest BCUT2D eigenvalue weighted by Crippen LogP contribution is 2.40. The summed E-state index contributed by atoms with van der Waals surface area (Å²) < 4.78 is 0. The van der Waals surface area contributed by atoms with E-state index < -0.39 is 11.4 Å². The van der Waals surface area contributed by atoms with E-state index in [-0.39, 0.29) is 6.17 Å². The number of allylic oxidation sites excluding steroid dienone is 1. The lowest BCUT2D eigenvalue weighted by Crippen LogP contribution is -2.49. The summed E-state index contributed by atoms with van der Waals surface area (Å²) in [5, 5.41) is 12.5. The van der Waals surface area contributed by atoms with Gasteiger partial charge in [-0.3, -0.25) is 9.79 Å². The van der Waals surface area contributed by atoms with Gasteiger partial charge < -0.3 is 10.4 Å². The van der Waals surface area contributed by atoms with Crippen molar-refractivity contribution in [1.29, 1.82) is 0 Å². The number of hydrogen-bond acceptors (Lipinski definition) is 3. The lowest BCUT2D eigenvalue weighted by molar-refractivity contribution is -0.153. The molecule has 0 aromatic heterocycles. The van der Waals surface area contributed by atoms with Crippen LogP contribution in [0.25, 0.3) is 0 Å². The Morgan fingerprint density at radius 2 is 2.13 bits per heavy atom. The Kier molecular flexibility index (Phi) is 2.75. The molecule has 4 heteroatoms. The van der Waals surface area contributed by atoms with Crippen LogP contribution in [-0.2, 0) is 4.79 Å². The van der Waals surface area contributed by atoms with E-state index in [1.54, 1.807) is 18.5 Å². The molecule has 15 heavy (non-hydrogen) atoms. The van der Waals surface area contributed by atoms with Crippen LogP contribution >= 0.6 is 0 Å². The minimum Gasteiger partial charge on any atom is -0.481 e. The summed E-state index contributed by atoms with van der Waals surface area (Å²) in [6, 6.07) is 0. The second-order valence-electron chi connectivity index (χ2n) is 4.25. The number of rotatable bonds is 2. The first-order valence-corrected chi connectivity index (χ1v) is 5.43. The first-order chi connectivity index (χ1) is 7.26. The maximum atomic E-state index is 11.4. The van der Waals surface area contributed by atoms with Gasteiger partial charge in [0.15, 0.2) is 0 Å². The van der Waals surface area contributed by atoms with Crippen LogP contribution in [0.1, 0.15) is 32.1 Å². The van der Waals surface area contributed by atoms with Crippen molar-refractivity contribution in [2.45, 2.75) is 38.3 Å². The zero-order valence-electron chi connectivity index (χ0n) is 8.65. The summed E-state index contributed by atoms with van der Waals surface area (Å²) in [4.78, 5) is 15.7. The predicted octanol–water partition coefficient (Wildman–Crippen LogP) is 1.54. The van der Waals surface area contributed by atoms with E-state index >= 15 is 0 Å². The Morgan fingerprint density at radius 3 is 2.67 bits per heavy atom. The number of hydrogen-bond donors (Lipinski definition) is 2. The van der Waals surface area contributed by atoms with E-state index in [1.165, 1.54) is 0 Å². The van der Waals surface area contributed by atoms with Gasteiger partial charge in [0, 0.05) is 6.21 Å². The summed E-state index contributed by atoms with van der Waals surface area (Å²) in [5.74, 6) is -0.716. The number of nitrogens with zero attached hydrogens (tertiary/aromatic N) is 1. The van der Waals surface area contributed by atoms with Gasteiger partial charge in [-0.1, -0.05) is 19.3 Å². The second-order valence-corrected chi connectivity index (χ2v) is 4.25. The van der Waals surface area contributed by atoms with Gasteiger partial charge >= 0.3 is 5.97 Å². The number of carbonyl (C=O) groups is 1. The molecule has 0 saturated heterocycles. The fourth-order valence-corrected chi connectivity index (χ4v) is 2.46. The highest BCUT2D eigenvalue weighted by molar-refractivity contribution is 5.78. The van der Waals surface area contributed by atoms with Gasteiger partial charge in [0.1, 0.15) is 11.6 Å². The topological polar surface area (TPSA) is 61.7 Å². The Bertz CT molecular complexity index is 304. The van der Waals surface area contributed by atoms with Crippen molar-refractivity contribution >= 4 is 12.2 Å². The third-order valence-electron chi connectivity index (χ3n) is 3.37. The zero-order valence-corrected chi connectivity index (χ0v) is 8.65. The minimum atomic E-state index is -0.716. The summed E-state index contributed by atoms with van der Waals surface area (Å²) in [5.41, 5.74) is -0.695. The molecule has 2 aliphatic rings. The zero-order chi connectivity index (χ0) is 10.7. The van der Waals surface area contributed by atoms with Crippen LogP contribution in [0.3, 0.4) is 0 Å². The summed E-state index contributed by atoms with van der Waals surface area (Å²) in [6.07, 6.45) is 9.53. The molecule has 1 unspecified atom stereocenters. The van der Waals surface area contributed by atoms with Gasteiger partial charge in [0.05, 0.1) is 0 Å². The first-order valence-electron chi connectivity index (χ1n) is 5.43. The Hall–Kier alpha value is -1.32. The minimum absolute atomic E-state index is 0.291. The van der Waals surface area contributed by atoms with Gasteiger partial charge in [0.2, 0.25) is 0 Å². The smallest absolute Gasteiger partial charge is 0.313 e. The monoisotopic (exact) mass is 208 g/mol.